The Bertz CT molecular complexity index is 657. The summed E-state index contributed by atoms with van der Waals surface area (Å²) in [6, 6.07) is 10.1. The van der Waals surface area contributed by atoms with Gasteiger partial charge in [0.25, 0.3) is 0 Å². The number of benzene rings is 1. The molecule has 132 valence electrons. The number of aryl methyl sites for hydroxylation is 1. The maximum Gasteiger partial charge on any atom is 0.240 e. The number of amides is 3. The third-order valence-electron chi connectivity index (χ3n) is 5.02. The molecule has 5 heteroatoms. The molecule has 0 radical (unpaired) electrons. The van der Waals surface area contributed by atoms with E-state index < -0.39 is 0 Å². The van der Waals surface area contributed by atoms with Crippen LogP contribution < -0.4 is 5.32 Å². The topological polar surface area (TPSA) is 66.5 Å². The van der Waals surface area contributed by atoms with Crippen LogP contribution in [0.1, 0.15) is 31.7 Å². The normalized spacial score (nSPS) is 23.5. The lowest BCUT2D eigenvalue weighted by Crippen LogP contribution is -2.43. The van der Waals surface area contributed by atoms with Gasteiger partial charge in [0.1, 0.15) is 6.54 Å². The Morgan fingerprint density at radius 1 is 1.12 bits per heavy atom. The predicted molar refractivity (Wildman–Crippen MR) is 94.4 cm³/mol. The van der Waals surface area contributed by atoms with Crippen LogP contribution in [0, 0.1) is 11.8 Å². The smallest absolute Gasteiger partial charge is 0.240 e. The molecule has 0 aromatic heterocycles. The Balaban J connectivity index is 1.49. The molecule has 3 rings (SSSR count). The standard InChI is InChI=1S/C20H24N2O3/c1-14(11-12-15-7-3-2-4-8-15)21-18(23)13-22-19(24)16-9-5-6-10-17(16)20(22)25/h2-8,14,16-17H,9-13H2,1H3,(H,21,23)/t14-,16-,17-/m0/s1. The molecule has 1 N–H and O–H groups in total. The second-order valence-corrected chi connectivity index (χ2v) is 6.91. The number of nitrogens with zero attached hydrogens (tertiary/aromatic N) is 1. The Hall–Kier alpha value is -2.43. The van der Waals surface area contributed by atoms with Crippen molar-refractivity contribution in [1.29, 1.82) is 0 Å². The van der Waals surface area contributed by atoms with E-state index in [2.05, 4.69) is 17.4 Å². The van der Waals surface area contributed by atoms with Gasteiger partial charge in [-0.25, -0.2) is 0 Å². The van der Waals surface area contributed by atoms with Crippen LogP contribution in [0.25, 0.3) is 0 Å². The first kappa shape index (κ1) is 17.4. The van der Waals surface area contributed by atoms with Gasteiger partial charge >= 0.3 is 0 Å². The molecule has 0 spiro atoms. The summed E-state index contributed by atoms with van der Waals surface area (Å²) in [7, 11) is 0. The highest BCUT2D eigenvalue weighted by Crippen LogP contribution is 2.34. The van der Waals surface area contributed by atoms with E-state index in [0.717, 1.165) is 17.7 Å². The molecule has 1 aliphatic carbocycles. The Kier molecular flexibility index (Phi) is 5.31. The highest BCUT2D eigenvalue weighted by Gasteiger charge is 2.47. The molecule has 1 aliphatic heterocycles. The van der Waals surface area contributed by atoms with Crippen LogP contribution in [0.4, 0.5) is 0 Å². The van der Waals surface area contributed by atoms with Crippen molar-refractivity contribution in [3.05, 3.63) is 48.0 Å². The summed E-state index contributed by atoms with van der Waals surface area (Å²) >= 11 is 0. The first-order valence-corrected chi connectivity index (χ1v) is 8.89. The molecule has 1 fully saturated rings. The summed E-state index contributed by atoms with van der Waals surface area (Å²) < 4.78 is 0. The lowest BCUT2D eigenvalue weighted by Gasteiger charge is -2.18. The molecule has 5 nitrogen and oxygen atoms in total. The van der Waals surface area contributed by atoms with Gasteiger partial charge in [-0.05, 0) is 38.2 Å². The zero-order valence-electron chi connectivity index (χ0n) is 14.5. The van der Waals surface area contributed by atoms with E-state index in [1.54, 1.807) is 0 Å². The van der Waals surface area contributed by atoms with E-state index in [4.69, 9.17) is 0 Å². The van der Waals surface area contributed by atoms with Crippen molar-refractivity contribution in [3.8, 4) is 0 Å². The quantitative estimate of drug-likeness (QED) is 0.637. The molecule has 1 aromatic rings. The lowest BCUT2D eigenvalue weighted by atomic mass is 9.85. The van der Waals surface area contributed by atoms with E-state index in [1.165, 1.54) is 5.56 Å². The largest absolute Gasteiger partial charge is 0.352 e. The number of nitrogens with one attached hydrogen (secondary N) is 1. The lowest BCUT2D eigenvalue weighted by molar-refractivity contribution is -0.143. The van der Waals surface area contributed by atoms with Crippen LogP contribution >= 0.6 is 0 Å². The van der Waals surface area contributed by atoms with Crippen LogP contribution in [0.5, 0.6) is 0 Å². The molecular weight excluding hydrogens is 316 g/mol. The number of likely N-dealkylation sites (tertiary alicyclic amines) is 1. The molecule has 3 atom stereocenters. The highest BCUT2D eigenvalue weighted by atomic mass is 16.2. The summed E-state index contributed by atoms with van der Waals surface area (Å²) in [5.74, 6) is -1.23. The van der Waals surface area contributed by atoms with Crippen molar-refractivity contribution in [1.82, 2.24) is 10.2 Å². The number of rotatable bonds is 6. The van der Waals surface area contributed by atoms with Crippen molar-refractivity contribution >= 4 is 17.7 Å². The van der Waals surface area contributed by atoms with Gasteiger partial charge in [-0.1, -0.05) is 42.5 Å². The van der Waals surface area contributed by atoms with Gasteiger partial charge in [-0.15, -0.1) is 0 Å². The van der Waals surface area contributed by atoms with Crippen molar-refractivity contribution in [3.63, 3.8) is 0 Å². The van der Waals surface area contributed by atoms with Crippen LogP contribution in [-0.4, -0.2) is 35.2 Å². The fraction of sp³-hybridized carbons (Fsp3) is 0.450. The first-order valence-electron chi connectivity index (χ1n) is 8.89. The first-order chi connectivity index (χ1) is 12.1. The van der Waals surface area contributed by atoms with Gasteiger partial charge in [0.15, 0.2) is 0 Å². The number of hydrogen-bond acceptors (Lipinski definition) is 3. The SMILES string of the molecule is C[C@@H](CCc1ccccc1)NC(=O)CN1C(=O)[C@H]2CC=CC[C@@H]2C1=O. The van der Waals surface area contributed by atoms with E-state index in [0.29, 0.717) is 12.8 Å². The monoisotopic (exact) mass is 340 g/mol. The minimum atomic E-state index is -0.277. The molecule has 0 bridgehead atoms. The Morgan fingerprint density at radius 2 is 1.72 bits per heavy atom. The zero-order chi connectivity index (χ0) is 17.8. The van der Waals surface area contributed by atoms with Crippen molar-refractivity contribution in [2.24, 2.45) is 11.8 Å². The fourth-order valence-corrected chi connectivity index (χ4v) is 3.59. The van der Waals surface area contributed by atoms with Crippen LogP contribution in [0.3, 0.4) is 0 Å². The Morgan fingerprint density at radius 3 is 2.32 bits per heavy atom. The van der Waals surface area contributed by atoms with Crippen molar-refractivity contribution in [2.75, 3.05) is 6.54 Å². The second-order valence-electron chi connectivity index (χ2n) is 6.91. The summed E-state index contributed by atoms with van der Waals surface area (Å²) in [6.45, 7) is 1.78. The fourth-order valence-electron chi connectivity index (χ4n) is 3.59. The molecule has 2 aliphatic rings. The Labute approximate surface area is 148 Å². The number of carbonyl (C=O) groups is 3. The second kappa shape index (κ2) is 7.64. The molecule has 0 saturated carbocycles. The van der Waals surface area contributed by atoms with E-state index in [-0.39, 0.29) is 42.1 Å². The number of hydrogen-bond donors (Lipinski definition) is 1. The summed E-state index contributed by atoms with van der Waals surface area (Å²) in [5, 5.41) is 2.90. The average molecular weight is 340 g/mol. The van der Waals surface area contributed by atoms with Gasteiger partial charge in [0.05, 0.1) is 11.8 Å². The molecule has 1 aromatic carbocycles. The van der Waals surface area contributed by atoms with Crippen molar-refractivity contribution in [2.45, 2.75) is 38.6 Å². The summed E-state index contributed by atoms with van der Waals surface area (Å²) in [6.07, 6.45) is 6.78. The van der Waals surface area contributed by atoms with Crippen molar-refractivity contribution < 1.29 is 14.4 Å². The number of carbonyl (C=O) groups excluding carboxylic acids is 3. The molecule has 1 saturated heterocycles. The third kappa shape index (κ3) is 3.98. The molecule has 1 heterocycles. The molecule has 25 heavy (non-hydrogen) atoms. The van der Waals surface area contributed by atoms with E-state index >= 15 is 0 Å². The van der Waals surface area contributed by atoms with E-state index in [9.17, 15) is 14.4 Å². The summed E-state index contributed by atoms with van der Waals surface area (Å²) in [5.41, 5.74) is 1.23. The van der Waals surface area contributed by atoms with E-state index in [1.807, 2.05) is 37.3 Å². The maximum atomic E-state index is 12.4. The maximum absolute atomic E-state index is 12.4. The molecular formula is C20H24N2O3. The van der Waals surface area contributed by atoms with Gasteiger partial charge < -0.3 is 5.32 Å². The van der Waals surface area contributed by atoms with Crippen LogP contribution in [-0.2, 0) is 20.8 Å². The minimum absolute atomic E-state index is 0.00976. The predicted octanol–water partition coefficient (Wildman–Crippen LogP) is 2.08. The summed E-state index contributed by atoms with van der Waals surface area (Å²) in [4.78, 5) is 38.1. The number of allylic oxidation sites excluding steroid dienone is 2. The third-order valence-corrected chi connectivity index (χ3v) is 5.02. The highest BCUT2D eigenvalue weighted by molar-refractivity contribution is 6.07. The molecule has 0 unspecified atom stereocenters. The van der Waals surface area contributed by atoms with Gasteiger partial charge in [-0.2, -0.15) is 0 Å². The number of fused-ring (bicyclic) bond motifs is 1. The van der Waals surface area contributed by atoms with Gasteiger partial charge in [0, 0.05) is 6.04 Å². The van der Waals surface area contributed by atoms with Crippen LogP contribution in [0.2, 0.25) is 0 Å². The van der Waals surface area contributed by atoms with Crippen LogP contribution in [0.15, 0.2) is 42.5 Å². The number of imide groups is 1. The van der Waals surface area contributed by atoms with Gasteiger partial charge in [0.2, 0.25) is 17.7 Å². The van der Waals surface area contributed by atoms with Gasteiger partial charge in [-0.3, -0.25) is 19.3 Å². The zero-order valence-corrected chi connectivity index (χ0v) is 14.5. The minimum Gasteiger partial charge on any atom is -0.352 e. The molecule has 3 amide bonds. The average Bonchev–Trinajstić information content (AvgIpc) is 2.86.